The summed E-state index contributed by atoms with van der Waals surface area (Å²) in [5.41, 5.74) is 1.05. The molecule has 108 valence electrons. The van der Waals surface area contributed by atoms with Gasteiger partial charge in [0.05, 0.1) is 0 Å². The van der Waals surface area contributed by atoms with E-state index in [4.69, 9.17) is 0 Å². The third kappa shape index (κ3) is 6.68. The molecule has 1 rings (SSSR count). The molecule has 0 bridgehead atoms. The van der Waals surface area contributed by atoms with E-state index in [-0.39, 0.29) is 17.5 Å². The lowest BCUT2D eigenvalue weighted by atomic mass is 9.94. The van der Waals surface area contributed by atoms with Crippen molar-refractivity contribution in [1.29, 1.82) is 0 Å². The third-order valence-electron chi connectivity index (χ3n) is 3.05. The third-order valence-corrected chi connectivity index (χ3v) is 4.08. The first-order valence-corrected chi connectivity index (χ1v) is 8.62. The van der Waals surface area contributed by atoms with E-state index in [0.29, 0.717) is 6.42 Å². The highest BCUT2D eigenvalue weighted by atomic mass is 32.2. The molecular formula is C14H22FNO2S. The van der Waals surface area contributed by atoms with Crippen molar-refractivity contribution in [2.45, 2.75) is 25.7 Å². The maximum atomic E-state index is 12.9. The Hall–Kier alpha value is -0.940. The summed E-state index contributed by atoms with van der Waals surface area (Å²) in [4.78, 5) is 0. The molecule has 0 aliphatic rings. The summed E-state index contributed by atoms with van der Waals surface area (Å²) in [6, 6.07) is 6.45. The van der Waals surface area contributed by atoms with E-state index in [1.54, 1.807) is 12.1 Å². The van der Waals surface area contributed by atoms with Crippen molar-refractivity contribution in [3.05, 3.63) is 35.6 Å². The topological polar surface area (TPSA) is 46.2 Å². The molecule has 0 amide bonds. The van der Waals surface area contributed by atoms with Crippen LogP contribution in [0, 0.1) is 5.82 Å². The van der Waals surface area contributed by atoms with Gasteiger partial charge in [-0.25, -0.2) is 12.8 Å². The molecule has 1 N–H and O–H groups in total. The molecule has 0 spiro atoms. The minimum Gasteiger partial charge on any atom is -0.316 e. The zero-order valence-corrected chi connectivity index (χ0v) is 12.3. The van der Waals surface area contributed by atoms with Crippen molar-refractivity contribution in [2.24, 2.45) is 0 Å². The highest BCUT2D eigenvalue weighted by molar-refractivity contribution is 7.90. The van der Waals surface area contributed by atoms with Gasteiger partial charge in [0.15, 0.2) is 0 Å². The molecule has 0 saturated heterocycles. The van der Waals surface area contributed by atoms with Gasteiger partial charge in [-0.05, 0) is 43.0 Å². The summed E-state index contributed by atoms with van der Waals surface area (Å²) < 4.78 is 35.2. The number of halogens is 1. The van der Waals surface area contributed by atoms with E-state index in [2.05, 4.69) is 5.32 Å². The normalized spacial score (nSPS) is 13.4. The van der Waals surface area contributed by atoms with Gasteiger partial charge in [-0.2, -0.15) is 0 Å². The van der Waals surface area contributed by atoms with Crippen molar-refractivity contribution in [3.63, 3.8) is 0 Å². The summed E-state index contributed by atoms with van der Waals surface area (Å²) in [5, 5.41) is 3.27. The van der Waals surface area contributed by atoms with Gasteiger partial charge >= 0.3 is 0 Å². The SMILES string of the molecule is CCNCC(CCCS(C)(=O)=O)c1ccc(F)cc1. The Balaban J connectivity index is 2.63. The molecule has 0 radical (unpaired) electrons. The van der Waals surface area contributed by atoms with Gasteiger partial charge in [0.1, 0.15) is 15.7 Å². The molecule has 5 heteroatoms. The fourth-order valence-corrected chi connectivity index (χ4v) is 2.72. The summed E-state index contributed by atoms with van der Waals surface area (Å²) in [5.74, 6) is 0.181. The maximum Gasteiger partial charge on any atom is 0.147 e. The Kier molecular flexibility index (Phi) is 6.45. The molecule has 1 aromatic carbocycles. The van der Waals surface area contributed by atoms with Crippen LogP contribution in [0.4, 0.5) is 4.39 Å². The average Bonchev–Trinajstić information content (AvgIpc) is 2.33. The van der Waals surface area contributed by atoms with Crippen molar-refractivity contribution >= 4 is 9.84 Å². The maximum absolute atomic E-state index is 12.9. The smallest absolute Gasteiger partial charge is 0.147 e. The number of rotatable bonds is 8. The Morgan fingerprint density at radius 3 is 2.42 bits per heavy atom. The molecular weight excluding hydrogens is 265 g/mol. The molecule has 0 saturated carbocycles. The van der Waals surface area contributed by atoms with Gasteiger partial charge in [-0.15, -0.1) is 0 Å². The summed E-state index contributed by atoms with van der Waals surface area (Å²) in [6.07, 6.45) is 2.67. The van der Waals surface area contributed by atoms with Crippen molar-refractivity contribution in [3.8, 4) is 0 Å². The van der Waals surface area contributed by atoms with Crippen LogP contribution < -0.4 is 5.32 Å². The predicted molar refractivity (Wildman–Crippen MR) is 76.6 cm³/mol. The number of likely N-dealkylation sites (N-methyl/N-ethyl adjacent to an activating group) is 1. The number of sulfone groups is 1. The second kappa shape index (κ2) is 7.60. The lowest BCUT2D eigenvalue weighted by Crippen LogP contribution is -2.21. The van der Waals surface area contributed by atoms with Crippen LogP contribution in [0.3, 0.4) is 0 Å². The highest BCUT2D eigenvalue weighted by Gasteiger charge is 2.12. The molecule has 0 fully saturated rings. The van der Waals surface area contributed by atoms with Crippen LogP contribution in [0.25, 0.3) is 0 Å². The van der Waals surface area contributed by atoms with E-state index < -0.39 is 9.84 Å². The summed E-state index contributed by atoms with van der Waals surface area (Å²) in [6.45, 7) is 3.67. The predicted octanol–water partition coefficient (Wildman–Crippen LogP) is 2.34. The Morgan fingerprint density at radius 2 is 1.89 bits per heavy atom. The fraction of sp³-hybridized carbons (Fsp3) is 0.571. The molecule has 1 atom stereocenters. The van der Waals surface area contributed by atoms with E-state index in [0.717, 1.165) is 25.1 Å². The number of hydrogen-bond donors (Lipinski definition) is 1. The zero-order chi connectivity index (χ0) is 14.3. The van der Waals surface area contributed by atoms with Crippen LogP contribution in [0.2, 0.25) is 0 Å². The van der Waals surface area contributed by atoms with Crippen LogP contribution in [0.1, 0.15) is 31.2 Å². The molecule has 0 aromatic heterocycles. The van der Waals surface area contributed by atoms with Gasteiger partial charge in [0, 0.05) is 18.6 Å². The molecule has 3 nitrogen and oxygen atoms in total. The first-order valence-electron chi connectivity index (χ1n) is 6.56. The Labute approximate surface area is 115 Å². The minimum atomic E-state index is -2.91. The first-order chi connectivity index (χ1) is 8.92. The van der Waals surface area contributed by atoms with E-state index in [1.807, 2.05) is 6.92 Å². The second-order valence-corrected chi connectivity index (χ2v) is 7.09. The number of benzene rings is 1. The second-order valence-electron chi connectivity index (χ2n) is 4.83. The van der Waals surface area contributed by atoms with Crippen LogP contribution in [0.15, 0.2) is 24.3 Å². The van der Waals surface area contributed by atoms with Gasteiger partial charge in [0.25, 0.3) is 0 Å². The van der Waals surface area contributed by atoms with E-state index in [1.165, 1.54) is 18.4 Å². The van der Waals surface area contributed by atoms with Crippen LogP contribution in [-0.4, -0.2) is 33.5 Å². The molecule has 1 aromatic rings. The van der Waals surface area contributed by atoms with Crippen LogP contribution in [-0.2, 0) is 9.84 Å². The minimum absolute atomic E-state index is 0.205. The van der Waals surface area contributed by atoms with Crippen molar-refractivity contribution in [1.82, 2.24) is 5.32 Å². The van der Waals surface area contributed by atoms with Crippen LogP contribution >= 0.6 is 0 Å². The quantitative estimate of drug-likeness (QED) is 0.798. The fourth-order valence-electron chi connectivity index (χ4n) is 2.03. The van der Waals surface area contributed by atoms with Gasteiger partial charge in [-0.1, -0.05) is 19.1 Å². The van der Waals surface area contributed by atoms with E-state index in [9.17, 15) is 12.8 Å². The largest absolute Gasteiger partial charge is 0.316 e. The highest BCUT2D eigenvalue weighted by Crippen LogP contribution is 2.21. The molecule has 0 aliphatic heterocycles. The van der Waals surface area contributed by atoms with Gasteiger partial charge in [-0.3, -0.25) is 0 Å². The van der Waals surface area contributed by atoms with Gasteiger partial charge in [0.2, 0.25) is 0 Å². The molecule has 19 heavy (non-hydrogen) atoms. The summed E-state index contributed by atoms with van der Waals surface area (Å²) in [7, 11) is -2.91. The standard InChI is InChI=1S/C14H22FNO2S/c1-3-16-11-13(5-4-10-19(2,17)18)12-6-8-14(15)9-7-12/h6-9,13,16H,3-5,10-11H2,1-2H3. The van der Waals surface area contributed by atoms with Crippen molar-refractivity contribution in [2.75, 3.05) is 25.1 Å². The lowest BCUT2D eigenvalue weighted by Gasteiger charge is -2.17. The summed E-state index contributed by atoms with van der Waals surface area (Å²) >= 11 is 0. The van der Waals surface area contributed by atoms with Gasteiger partial charge < -0.3 is 5.32 Å². The molecule has 0 heterocycles. The van der Waals surface area contributed by atoms with Crippen LogP contribution in [0.5, 0.6) is 0 Å². The Morgan fingerprint density at radius 1 is 1.26 bits per heavy atom. The average molecular weight is 287 g/mol. The monoisotopic (exact) mass is 287 g/mol. The Bertz CT molecular complexity index is 471. The van der Waals surface area contributed by atoms with Crippen molar-refractivity contribution < 1.29 is 12.8 Å². The molecule has 1 unspecified atom stereocenters. The number of hydrogen-bond acceptors (Lipinski definition) is 3. The number of nitrogens with one attached hydrogen (secondary N) is 1. The zero-order valence-electron chi connectivity index (χ0n) is 11.5. The van der Waals surface area contributed by atoms with E-state index >= 15 is 0 Å². The molecule has 0 aliphatic carbocycles. The lowest BCUT2D eigenvalue weighted by molar-refractivity contribution is 0.547. The first kappa shape index (κ1) is 16.1.